The van der Waals surface area contributed by atoms with Crippen molar-refractivity contribution in [3.05, 3.63) is 103 Å². The summed E-state index contributed by atoms with van der Waals surface area (Å²) in [6, 6.07) is 12.7. The lowest BCUT2D eigenvalue weighted by Gasteiger charge is -2.18. The van der Waals surface area contributed by atoms with E-state index < -0.39 is 6.04 Å². The van der Waals surface area contributed by atoms with Gasteiger partial charge in [-0.1, -0.05) is 23.7 Å². The molecule has 4 rings (SSSR count). The van der Waals surface area contributed by atoms with Gasteiger partial charge in [0, 0.05) is 34.9 Å². The van der Waals surface area contributed by atoms with E-state index in [2.05, 4.69) is 11.1 Å². The van der Waals surface area contributed by atoms with Crippen LogP contribution < -0.4 is 5.56 Å². The molecule has 0 bridgehead atoms. The number of aliphatic hydroxyl groups excluding tert-OH is 1. The highest BCUT2D eigenvalue weighted by molar-refractivity contribution is 7.16. The van der Waals surface area contributed by atoms with Gasteiger partial charge in [-0.05, 0) is 49.2 Å². The number of aliphatic hydroxyl groups is 1. The number of nitrogens with zero attached hydrogens (tertiary/aromatic N) is 4. The van der Waals surface area contributed by atoms with Gasteiger partial charge in [-0.25, -0.2) is 4.98 Å². The third-order valence-electron chi connectivity index (χ3n) is 5.32. The first-order valence-electron chi connectivity index (χ1n) is 10.0. The predicted molar refractivity (Wildman–Crippen MR) is 126 cm³/mol. The van der Waals surface area contributed by atoms with Crippen molar-refractivity contribution in [2.75, 3.05) is 6.61 Å². The first-order valence-corrected chi connectivity index (χ1v) is 11.2. The Balaban J connectivity index is 1.71. The van der Waals surface area contributed by atoms with Crippen LogP contribution in [0.25, 0.3) is 5.69 Å². The van der Waals surface area contributed by atoms with Crippen LogP contribution in [0.3, 0.4) is 0 Å². The monoisotopic (exact) mass is 464 g/mol. The van der Waals surface area contributed by atoms with E-state index in [9.17, 15) is 15.2 Å². The fourth-order valence-electron chi connectivity index (χ4n) is 3.79. The van der Waals surface area contributed by atoms with Gasteiger partial charge < -0.3 is 14.2 Å². The fourth-order valence-corrected chi connectivity index (χ4v) is 4.94. The molecule has 0 saturated heterocycles. The summed E-state index contributed by atoms with van der Waals surface area (Å²) in [5, 5.41) is 19.5. The van der Waals surface area contributed by atoms with Crippen molar-refractivity contribution in [1.29, 1.82) is 5.26 Å². The second-order valence-corrected chi connectivity index (χ2v) is 9.39. The molecule has 162 valence electrons. The number of rotatable bonds is 6. The number of benzene rings is 1. The summed E-state index contributed by atoms with van der Waals surface area (Å²) in [4.78, 5) is 18.3. The summed E-state index contributed by atoms with van der Waals surface area (Å²) >= 11 is 7.36. The Hall–Kier alpha value is -3.18. The number of hydrogen-bond donors (Lipinski definition) is 1. The normalized spacial score (nSPS) is 12.0. The Bertz CT molecular complexity index is 1380. The van der Waals surface area contributed by atoms with Crippen molar-refractivity contribution in [2.45, 2.75) is 26.3 Å². The molecule has 32 heavy (non-hydrogen) atoms. The minimum absolute atomic E-state index is 0.237. The van der Waals surface area contributed by atoms with Gasteiger partial charge in [-0.3, -0.25) is 4.79 Å². The fraction of sp³-hybridized carbons (Fsp3) is 0.208. The molecular formula is C24H21ClN4O2S. The van der Waals surface area contributed by atoms with Gasteiger partial charge in [0.05, 0.1) is 34.6 Å². The van der Waals surface area contributed by atoms with Crippen LogP contribution in [0.4, 0.5) is 0 Å². The lowest BCUT2D eigenvalue weighted by atomic mass is 10.0. The second-order valence-electron chi connectivity index (χ2n) is 7.64. The number of imidazole rings is 1. The van der Waals surface area contributed by atoms with Gasteiger partial charge in [0.15, 0.2) is 0 Å². The molecule has 6 nitrogen and oxygen atoms in total. The average Bonchev–Trinajstić information content (AvgIpc) is 3.39. The number of thiophene rings is 1. The van der Waals surface area contributed by atoms with Gasteiger partial charge in [-0.2, -0.15) is 5.26 Å². The van der Waals surface area contributed by atoms with Crippen molar-refractivity contribution >= 4 is 22.9 Å². The van der Waals surface area contributed by atoms with Gasteiger partial charge in [0.1, 0.15) is 6.07 Å². The van der Waals surface area contributed by atoms with Crippen molar-refractivity contribution in [3.8, 4) is 11.8 Å². The lowest BCUT2D eigenvalue weighted by molar-refractivity contribution is 0.248. The van der Waals surface area contributed by atoms with Crippen LogP contribution in [-0.2, 0) is 6.42 Å². The zero-order valence-corrected chi connectivity index (χ0v) is 19.2. The maximum absolute atomic E-state index is 13.3. The van der Waals surface area contributed by atoms with Gasteiger partial charge in [0.2, 0.25) is 0 Å². The van der Waals surface area contributed by atoms with Gasteiger partial charge >= 0.3 is 0 Å². The summed E-state index contributed by atoms with van der Waals surface area (Å²) in [6.45, 7) is 3.68. The highest BCUT2D eigenvalue weighted by atomic mass is 35.5. The molecule has 0 amide bonds. The van der Waals surface area contributed by atoms with Crippen LogP contribution in [0.2, 0.25) is 4.34 Å². The lowest BCUT2D eigenvalue weighted by Crippen LogP contribution is -2.30. The SMILES string of the molecule is Cc1cn(-c2ccc(Cc3cc(C#N)cn([C@@H](CO)c4ccc(Cl)s4)c3=O)cc2C)cn1. The summed E-state index contributed by atoms with van der Waals surface area (Å²) in [7, 11) is 0. The molecule has 0 unspecified atom stereocenters. The van der Waals surface area contributed by atoms with Crippen LogP contribution >= 0.6 is 22.9 Å². The smallest absolute Gasteiger partial charge is 0.254 e. The van der Waals surface area contributed by atoms with Crippen LogP contribution in [0.15, 0.2) is 59.9 Å². The maximum Gasteiger partial charge on any atom is 0.254 e. The standard InChI is InChI=1S/C24H21ClN4O2S/c1-15-7-17(3-4-20(15)28-11-16(2)27-14-28)8-19-9-18(10-26)12-29(24(19)31)21(13-30)22-5-6-23(25)32-22/h3-7,9,11-12,14,21,30H,8,13H2,1-2H3/t21-/m0/s1. The van der Waals surface area contributed by atoms with Crippen LogP contribution in [0.1, 0.15) is 38.9 Å². The zero-order valence-electron chi connectivity index (χ0n) is 17.6. The first-order chi connectivity index (χ1) is 15.4. The molecule has 8 heteroatoms. The molecule has 0 fully saturated rings. The zero-order chi connectivity index (χ0) is 22.8. The van der Waals surface area contributed by atoms with Crippen LogP contribution in [0, 0.1) is 25.2 Å². The number of halogens is 1. The summed E-state index contributed by atoms with van der Waals surface area (Å²) in [6.07, 6.45) is 5.61. The van der Waals surface area contributed by atoms with Crippen LogP contribution in [-0.4, -0.2) is 25.8 Å². The molecule has 0 saturated carbocycles. The van der Waals surface area contributed by atoms with Gasteiger partial charge in [0.25, 0.3) is 5.56 Å². The largest absolute Gasteiger partial charge is 0.394 e. The Kier molecular flexibility index (Phi) is 6.28. The topological polar surface area (TPSA) is 83.8 Å². The Morgan fingerprint density at radius 3 is 2.62 bits per heavy atom. The first kappa shape index (κ1) is 22.0. The van der Waals surface area contributed by atoms with E-state index in [1.54, 1.807) is 24.5 Å². The quantitative estimate of drug-likeness (QED) is 0.458. The Morgan fingerprint density at radius 2 is 2.03 bits per heavy atom. The molecular weight excluding hydrogens is 444 g/mol. The summed E-state index contributed by atoms with van der Waals surface area (Å²) in [5.74, 6) is 0. The molecule has 0 aliphatic heterocycles. The third kappa shape index (κ3) is 4.39. The molecule has 0 radical (unpaired) electrons. The molecule has 3 aromatic heterocycles. The minimum Gasteiger partial charge on any atom is -0.394 e. The predicted octanol–water partition coefficient (Wildman–Crippen LogP) is 4.41. The second kappa shape index (κ2) is 9.13. The van der Waals surface area contributed by atoms with Crippen molar-refractivity contribution in [1.82, 2.24) is 14.1 Å². The Labute approximate surface area is 194 Å². The molecule has 0 aliphatic carbocycles. The highest BCUT2D eigenvalue weighted by Crippen LogP contribution is 2.29. The van der Waals surface area contributed by atoms with E-state index in [0.29, 0.717) is 21.9 Å². The van der Waals surface area contributed by atoms with Crippen molar-refractivity contribution < 1.29 is 5.11 Å². The number of pyridine rings is 1. The molecule has 0 spiro atoms. The van der Waals surface area contributed by atoms with Crippen molar-refractivity contribution in [2.24, 2.45) is 0 Å². The van der Waals surface area contributed by atoms with E-state index in [-0.39, 0.29) is 12.2 Å². The minimum atomic E-state index is -0.597. The maximum atomic E-state index is 13.3. The number of aromatic nitrogens is 3. The number of nitriles is 1. The average molecular weight is 465 g/mol. The van der Waals surface area contributed by atoms with E-state index in [0.717, 1.165) is 27.4 Å². The highest BCUT2D eigenvalue weighted by Gasteiger charge is 2.19. The summed E-state index contributed by atoms with van der Waals surface area (Å²) < 4.78 is 3.98. The Morgan fingerprint density at radius 1 is 1.22 bits per heavy atom. The number of aryl methyl sites for hydroxylation is 2. The van der Waals surface area contributed by atoms with E-state index >= 15 is 0 Å². The molecule has 1 aromatic carbocycles. The third-order valence-corrected chi connectivity index (χ3v) is 6.66. The van der Waals surface area contributed by atoms with Gasteiger partial charge in [-0.15, -0.1) is 11.3 Å². The van der Waals surface area contributed by atoms with E-state index in [1.165, 1.54) is 22.1 Å². The van der Waals surface area contributed by atoms with E-state index in [1.807, 2.05) is 42.8 Å². The number of hydrogen-bond acceptors (Lipinski definition) is 5. The molecule has 0 aliphatic rings. The molecule has 4 aromatic rings. The summed E-state index contributed by atoms with van der Waals surface area (Å²) in [5.41, 5.74) is 4.60. The molecule has 3 heterocycles. The van der Waals surface area contributed by atoms with Crippen LogP contribution in [0.5, 0.6) is 0 Å². The van der Waals surface area contributed by atoms with Crippen molar-refractivity contribution in [3.63, 3.8) is 0 Å². The molecule has 1 N–H and O–H groups in total. The van der Waals surface area contributed by atoms with E-state index in [4.69, 9.17) is 11.6 Å². The molecule has 1 atom stereocenters.